The fourth-order valence-corrected chi connectivity index (χ4v) is 0.695. The zero-order chi connectivity index (χ0) is 10.4. The van der Waals surface area contributed by atoms with Gasteiger partial charge in [-0.15, -0.1) is 0 Å². The fraction of sp³-hybridized carbons (Fsp3) is 0.111. The largest absolute Gasteiger partial charge is 0.437 e. The Morgan fingerprint density at radius 3 is 3.00 bits per heavy atom. The third-order valence-electron chi connectivity index (χ3n) is 1.25. The Hall–Kier alpha value is -2.09. The minimum atomic E-state index is -0.878. The average Bonchev–Trinajstić information content (AvgIpc) is 2.15. The molecule has 1 amide bonds. The predicted octanol–water partition coefficient (Wildman–Crippen LogP) is 0.668. The third kappa shape index (κ3) is 3.54. The fourth-order valence-electron chi connectivity index (χ4n) is 0.695. The second-order valence-corrected chi connectivity index (χ2v) is 2.28. The van der Waals surface area contributed by atoms with E-state index in [0.717, 1.165) is 0 Å². The van der Waals surface area contributed by atoms with Gasteiger partial charge in [0.2, 0.25) is 5.95 Å². The molecule has 0 spiro atoms. The molecule has 0 atom stereocenters. The number of nitrogens with two attached hydrogens (primary N) is 1. The van der Waals surface area contributed by atoms with Gasteiger partial charge in [0.05, 0.1) is 0 Å². The highest BCUT2D eigenvalue weighted by Gasteiger charge is 1.90. The number of primary amides is 1. The summed E-state index contributed by atoms with van der Waals surface area (Å²) in [5.74, 6) is 4.57. The van der Waals surface area contributed by atoms with Gasteiger partial charge in [-0.3, -0.25) is 0 Å². The van der Waals surface area contributed by atoms with Crippen LogP contribution in [0.25, 0.3) is 0 Å². The van der Waals surface area contributed by atoms with Crippen molar-refractivity contribution in [2.45, 2.75) is 0 Å². The molecule has 14 heavy (non-hydrogen) atoms. The second kappa shape index (κ2) is 4.82. The first-order valence-electron chi connectivity index (χ1n) is 3.71. The number of carbonyl (C=O) groups is 1. The third-order valence-corrected chi connectivity index (χ3v) is 1.25. The monoisotopic (exact) mass is 194 g/mol. The molecule has 0 fully saturated rings. The van der Waals surface area contributed by atoms with Crippen molar-refractivity contribution in [2.75, 3.05) is 6.61 Å². The molecule has 0 saturated heterocycles. The van der Waals surface area contributed by atoms with Gasteiger partial charge in [-0.1, -0.05) is 11.8 Å². The van der Waals surface area contributed by atoms with Crippen LogP contribution in [0, 0.1) is 17.8 Å². The summed E-state index contributed by atoms with van der Waals surface area (Å²) < 4.78 is 16.7. The van der Waals surface area contributed by atoms with Crippen molar-refractivity contribution in [3.8, 4) is 11.8 Å². The number of nitrogens with zero attached hydrogens (tertiary/aromatic N) is 1. The lowest BCUT2D eigenvalue weighted by Gasteiger charge is -1.91. The molecular weight excluding hydrogens is 187 g/mol. The molecule has 0 aromatic carbocycles. The molecule has 1 rings (SSSR count). The van der Waals surface area contributed by atoms with Crippen LogP contribution in [0.15, 0.2) is 18.3 Å². The number of halogens is 1. The summed E-state index contributed by atoms with van der Waals surface area (Å²) in [6, 6.07) is 2.67. The minimum absolute atomic E-state index is 0.0906. The van der Waals surface area contributed by atoms with Gasteiger partial charge in [-0.25, -0.2) is 9.78 Å². The van der Waals surface area contributed by atoms with Crippen LogP contribution in [-0.2, 0) is 4.74 Å². The number of pyridine rings is 1. The summed E-state index contributed by atoms with van der Waals surface area (Å²) >= 11 is 0. The number of rotatable bonds is 1. The Labute approximate surface area is 79.9 Å². The predicted molar refractivity (Wildman–Crippen MR) is 46.6 cm³/mol. The lowest BCUT2D eigenvalue weighted by atomic mass is 10.3. The summed E-state index contributed by atoms with van der Waals surface area (Å²) in [5, 5.41) is 0. The van der Waals surface area contributed by atoms with Crippen LogP contribution < -0.4 is 5.73 Å². The number of hydrogen-bond donors (Lipinski definition) is 1. The van der Waals surface area contributed by atoms with Gasteiger partial charge in [0.15, 0.2) is 6.61 Å². The summed E-state index contributed by atoms with van der Waals surface area (Å²) in [6.07, 6.45) is 0.406. The van der Waals surface area contributed by atoms with E-state index in [9.17, 15) is 9.18 Å². The van der Waals surface area contributed by atoms with Crippen molar-refractivity contribution in [1.82, 2.24) is 4.98 Å². The second-order valence-electron chi connectivity index (χ2n) is 2.28. The number of hydrogen-bond acceptors (Lipinski definition) is 3. The Morgan fingerprint density at radius 1 is 1.64 bits per heavy atom. The van der Waals surface area contributed by atoms with Gasteiger partial charge in [0.25, 0.3) is 0 Å². The van der Waals surface area contributed by atoms with Crippen LogP contribution in [0.4, 0.5) is 9.18 Å². The van der Waals surface area contributed by atoms with Crippen LogP contribution in [0.2, 0.25) is 0 Å². The first-order valence-corrected chi connectivity index (χ1v) is 3.71. The molecule has 0 aliphatic carbocycles. The van der Waals surface area contributed by atoms with Crippen LogP contribution in [-0.4, -0.2) is 17.7 Å². The maximum absolute atomic E-state index is 12.3. The van der Waals surface area contributed by atoms with E-state index in [1.807, 2.05) is 0 Å². The van der Waals surface area contributed by atoms with Gasteiger partial charge in [0.1, 0.15) is 0 Å². The van der Waals surface area contributed by atoms with Crippen LogP contribution in [0.5, 0.6) is 0 Å². The summed E-state index contributed by atoms with van der Waals surface area (Å²) in [6.45, 7) is -0.0906. The number of ether oxygens (including phenoxy) is 1. The van der Waals surface area contributed by atoms with Gasteiger partial charge in [-0.05, 0) is 12.1 Å². The van der Waals surface area contributed by atoms with E-state index in [0.29, 0.717) is 5.56 Å². The molecular formula is C9H7FN2O2. The van der Waals surface area contributed by atoms with Crippen LogP contribution >= 0.6 is 0 Å². The Balaban J connectivity index is 2.51. The Morgan fingerprint density at radius 2 is 2.43 bits per heavy atom. The van der Waals surface area contributed by atoms with Crippen LogP contribution in [0.3, 0.4) is 0 Å². The zero-order valence-corrected chi connectivity index (χ0v) is 7.16. The number of aromatic nitrogens is 1. The van der Waals surface area contributed by atoms with Gasteiger partial charge >= 0.3 is 6.09 Å². The maximum atomic E-state index is 12.3. The molecule has 72 valence electrons. The normalized spacial score (nSPS) is 8.64. The van der Waals surface area contributed by atoms with E-state index >= 15 is 0 Å². The lowest BCUT2D eigenvalue weighted by Crippen LogP contribution is -2.12. The van der Waals surface area contributed by atoms with Crippen molar-refractivity contribution < 1.29 is 13.9 Å². The Kier molecular flexibility index (Phi) is 3.44. The highest BCUT2D eigenvalue weighted by Crippen LogP contribution is 1.95. The van der Waals surface area contributed by atoms with Gasteiger partial charge in [0, 0.05) is 11.8 Å². The molecule has 0 aliphatic heterocycles. The smallest absolute Gasteiger partial charge is 0.405 e. The molecule has 1 aromatic rings. The summed E-state index contributed by atoms with van der Waals surface area (Å²) in [4.78, 5) is 13.5. The SMILES string of the molecule is NC(=O)OCC#Cc1ccc(F)nc1. The summed E-state index contributed by atoms with van der Waals surface area (Å²) in [5.41, 5.74) is 5.24. The number of amides is 1. The molecule has 4 nitrogen and oxygen atoms in total. The summed E-state index contributed by atoms with van der Waals surface area (Å²) in [7, 11) is 0. The van der Waals surface area contributed by atoms with Crippen molar-refractivity contribution in [1.29, 1.82) is 0 Å². The van der Waals surface area contributed by atoms with Crippen molar-refractivity contribution in [3.05, 3.63) is 29.8 Å². The molecule has 0 unspecified atom stereocenters. The standard InChI is InChI=1S/C9H7FN2O2/c10-8-4-3-7(6-12-8)2-1-5-14-9(11)13/h3-4,6H,5H2,(H2,11,13). The minimum Gasteiger partial charge on any atom is -0.437 e. The van der Waals surface area contributed by atoms with E-state index in [2.05, 4.69) is 21.6 Å². The molecule has 0 radical (unpaired) electrons. The van der Waals surface area contributed by atoms with E-state index in [4.69, 9.17) is 5.73 Å². The van der Waals surface area contributed by atoms with Crippen molar-refractivity contribution in [2.24, 2.45) is 5.73 Å². The molecule has 5 heteroatoms. The van der Waals surface area contributed by atoms with E-state index < -0.39 is 12.0 Å². The molecule has 2 N–H and O–H groups in total. The highest BCUT2D eigenvalue weighted by molar-refractivity contribution is 5.64. The molecule has 1 aromatic heterocycles. The zero-order valence-electron chi connectivity index (χ0n) is 7.16. The Bertz CT molecular complexity index is 378. The topological polar surface area (TPSA) is 65.2 Å². The van der Waals surface area contributed by atoms with Crippen LogP contribution in [0.1, 0.15) is 5.56 Å². The van der Waals surface area contributed by atoms with Crippen molar-refractivity contribution >= 4 is 6.09 Å². The van der Waals surface area contributed by atoms with Crippen molar-refractivity contribution in [3.63, 3.8) is 0 Å². The van der Waals surface area contributed by atoms with E-state index in [1.165, 1.54) is 18.3 Å². The van der Waals surface area contributed by atoms with Gasteiger partial charge < -0.3 is 10.5 Å². The highest BCUT2D eigenvalue weighted by atomic mass is 19.1. The number of carbonyl (C=O) groups excluding carboxylic acids is 1. The molecule has 1 heterocycles. The lowest BCUT2D eigenvalue weighted by molar-refractivity contribution is 0.171. The maximum Gasteiger partial charge on any atom is 0.405 e. The first-order chi connectivity index (χ1) is 6.68. The van der Waals surface area contributed by atoms with Gasteiger partial charge in [-0.2, -0.15) is 4.39 Å². The van der Waals surface area contributed by atoms with E-state index in [-0.39, 0.29) is 6.61 Å². The quantitative estimate of drug-likeness (QED) is 0.527. The molecule has 0 saturated carbocycles. The first kappa shape index (κ1) is 9.99. The average molecular weight is 194 g/mol. The van der Waals surface area contributed by atoms with E-state index in [1.54, 1.807) is 0 Å². The molecule has 0 bridgehead atoms. The molecule has 0 aliphatic rings.